The van der Waals surface area contributed by atoms with Gasteiger partial charge in [-0.05, 0) is 24.1 Å². The third-order valence-corrected chi connectivity index (χ3v) is 3.29. The van der Waals surface area contributed by atoms with Crippen LogP contribution in [0.15, 0.2) is 29.1 Å². The standard InChI is InChI=1S/C12H12Cl2N2O/c1-2-9-6-12(17)16(15-9)7-8-3-4-10(13)11(14)5-8/h3-6,15H,2,7H2,1H3. The molecule has 17 heavy (non-hydrogen) atoms. The average Bonchev–Trinajstić information content (AvgIpc) is 2.65. The lowest BCUT2D eigenvalue weighted by Gasteiger charge is -2.04. The first-order valence-corrected chi connectivity index (χ1v) is 6.08. The number of nitrogens with zero attached hydrogens (tertiary/aromatic N) is 1. The van der Waals surface area contributed by atoms with E-state index >= 15 is 0 Å². The number of H-pyrrole nitrogens is 1. The fourth-order valence-electron chi connectivity index (χ4n) is 1.61. The summed E-state index contributed by atoms with van der Waals surface area (Å²) in [6, 6.07) is 6.96. The Balaban J connectivity index is 2.28. The summed E-state index contributed by atoms with van der Waals surface area (Å²) in [7, 11) is 0. The lowest BCUT2D eigenvalue weighted by molar-refractivity contribution is 0.653. The van der Waals surface area contributed by atoms with Gasteiger partial charge in [-0.3, -0.25) is 9.89 Å². The molecule has 0 spiro atoms. The Kier molecular flexibility index (Phi) is 3.60. The van der Waals surface area contributed by atoms with E-state index in [-0.39, 0.29) is 5.56 Å². The molecule has 0 atom stereocenters. The maximum Gasteiger partial charge on any atom is 0.267 e. The minimum atomic E-state index is -0.0343. The fourth-order valence-corrected chi connectivity index (χ4v) is 1.93. The zero-order chi connectivity index (χ0) is 12.4. The van der Waals surface area contributed by atoms with Crippen molar-refractivity contribution in [2.24, 2.45) is 0 Å². The molecule has 1 aromatic heterocycles. The van der Waals surface area contributed by atoms with Crippen molar-refractivity contribution in [3.8, 4) is 0 Å². The van der Waals surface area contributed by atoms with Gasteiger partial charge >= 0.3 is 0 Å². The van der Waals surface area contributed by atoms with E-state index in [0.29, 0.717) is 16.6 Å². The summed E-state index contributed by atoms with van der Waals surface area (Å²) in [6.07, 6.45) is 0.809. The SMILES string of the molecule is CCc1cc(=O)n(Cc2ccc(Cl)c(Cl)c2)[nH]1. The molecule has 1 aromatic carbocycles. The Hall–Kier alpha value is -1.19. The Morgan fingerprint density at radius 1 is 1.24 bits per heavy atom. The van der Waals surface area contributed by atoms with E-state index < -0.39 is 0 Å². The molecule has 90 valence electrons. The highest BCUT2D eigenvalue weighted by atomic mass is 35.5. The average molecular weight is 271 g/mol. The van der Waals surface area contributed by atoms with Gasteiger partial charge in [-0.1, -0.05) is 36.2 Å². The number of hydrogen-bond acceptors (Lipinski definition) is 1. The monoisotopic (exact) mass is 270 g/mol. The number of benzene rings is 1. The number of hydrogen-bond donors (Lipinski definition) is 1. The van der Waals surface area contributed by atoms with Gasteiger partial charge in [0, 0.05) is 11.8 Å². The molecular weight excluding hydrogens is 259 g/mol. The van der Waals surface area contributed by atoms with Crippen LogP contribution in [0.4, 0.5) is 0 Å². The van der Waals surface area contributed by atoms with Crippen LogP contribution in [0.3, 0.4) is 0 Å². The molecule has 0 aliphatic heterocycles. The van der Waals surface area contributed by atoms with Crippen molar-refractivity contribution < 1.29 is 0 Å². The predicted octanol–water partition coefficient (Wildman–Crippen LogP) is 3.09. The molecule has 0 bridgehead atoms. The van der Waals surface area contributed by atoms with Gasteiger partial charge in [0.15, 0.2) is 0 Å². The van der Waals surface area contributed by atoms with Crippen molar-refractivity contribution in [3.05, 3.63) is 55.9 Å². The van der Waals surface area contributed by atoms with Crippen LogP contribution in [-0.2, 0) is 13.0 Å². The molecule has 2 aromatic rings. The van der Waals surface area contributed by atoms with Crippen molar-refractivity contribution in [2.45, 2.75) is 19.9 Å². The first kappa shape index (κ1) is 12.3. The minimum Gasteiger partial charge on any atom is -0.299 e. The van der Waals surface area contributed by atoms with E-state index in [1.54, 1.807) is 22.9 Å². The Morgan fingerprint density at radius 2 is 2.00 bits per heavy atom. The van der Waals surface area contributed by atoms with Gasteiger partial charge < -0.3 is 0 Å². The van der Waals surface area contributed by atoms with Crippen LogP contribution in [0.1, 0.15) is 18.2 Å². The maximum absolute atomic E-state index is 11.6. The Labute approximate surface area is 109 Å². The Morgan fingerprint density at radius 3 is 2.59 bits per heavy atom. The molecule has 0 unspecified atom stereocenters. The summed E-state index contributed by atoms with van der Waals surface area (Å²) in [5, 5.41) is 4.06. The highest BCUT2D eigenvalue weighted by Crippen LogP contribution is 2.22. The van der Waals surface area contributed by atoms with E-state index in [2.05, 4.69) is 5.10 Å². The number of aromatic amines is 1. The van der Waals surface area contributed by atoms with E-state index in [1.807, 2.05) is 13.0 Å². The van der Waals surface area contributed by atoms with Crippen LogP contribution in [0, 0.1) is 0 Å². The molecule has 0 radical (unpaired) electrons. The summed E-state index contributed by atoms with van der Waals surface area (Å²) in [5.74, 6) is 0. The van der Waals surface area contributed by atoms with Gasteiger partial charge in [0.1, 0.15) is 0 Å². The number of aryl methyl sites for hydroxylation is 1. The molecule has 5 heteroatoms. The second kappa shape index (κ2) is 4.98. The number of halogens is 2. The molecule has 1 heterocycles. The summed E-state index contributed by atoms with van der Waals surface area (Å²) in [6.45, 7) is 2.46. The van der Waals surface area contributed by atoms with Gasteiger partial charge in [0.25, 0.3) is 5.56 Å². The molecule has 0 saturated heterocycles. The van der Waals surface area contributed by atoms with E-state index in [4.69, 9.17) is 23.2 Å². The molecule has 2 rings (SSSR count). The zero-order valence-corrected chi connectivity index (χ0v) is 10.8. The van der Waals surface area contributed by atoms with Gasteiger partial charge in [-0.2, -0.15) is 0 Å². The summed E-state index contributed by atoms with van der Waals surface area (Å²) in [5.41, 5.74) is 1.83. The van der Waals surface area contributed by atoms with Crippen molar-refractivity contribution in [1.29, 1.82) is 0 Å². The second-order valence-electron chi connectivity index (χ2n) is 3.81. The topological polar surface area (TPSA) is 37.8 Å². The van der Waals surface area contributed by atoms with E-state index in [9.17, 15) is 4.79 Å². The highest BCUT2D eigenvalue weighted by molar-refractivity contribution is 6.42. The zero-order valence-electron chi connectivity index (χ0n) is 9.34. The lowest BCUT2D eigenvalue weighted by atomic mass is 10.2. The smallest absolute Gasteiger partial charge is 0.267 e. The van der Waals surface area contributed by atoms with E-state index in [0.717, 1.165) is 17.7 Å². The molecule has 0 amide bonds. The fraction of sp³-hybridized carbons (Fsp3) is 0.250. The van der Waals surface area contributed by atoms with Crippen LogP contribution in [0.25, 0.3) is 0 Å². The third kappa shape index (κ3) is 2.73. The van der Waals surface area contributed by atoms with Crippen LogP contribution >= 0.6 is 23.2 Å². The van der Waals surface area contributed by atoms with Crippen LogP contribution in [0.2, 0.25) is 10.0 Å². The summed E-state index contributed by atoms with van der Waals surface area (Å²) >= 11 is 11.8. The number of aromatic nitrogens is 2. The van der Waals surface area contributed by atoms with Gasteiger partial charge in [-0.25, -0.2) is 4.68 Å². The number of rotatable bonds is 3. The minimum absolute atomic E-state index is 0.0343. The van der Waals surface area contributed by atoms with Crippen molar-refractivity contribution in [2.75, 3.05) is 0 Å². The Bertz CT molecular complexity index is 586. The largest absolute Gasteiger partial charge is 0.299 e. The molecule has 1 N–H and O–H groups in total. The molecule has 0 aliphatic carbocycles. The quantitative estimate of drug-likeness (QED) is 0.915. The van der Waals surface area contributed by atoms with Crippen LogP contribution in [-0.4, -0.2) is 9.78 Å². The first-order chi connectivity index (χ1) is 8.10. The first-order valence-electron chi connectivity index (χ1n) is 5.33. The second-order valence-corrected chi connectivity index (χ2v) is 4.62. The molecule has 0 fully saturated rings. The van der Waals surface area contributed by atoms with E-state index in [1.165, 1.54) is 0 Å². The van der Waals surface area contributed by atoms with Gasteiger partial charge in [-0.15, -0.1) is 0 Å². The van der Waals surface area contributed by atoms with Crippen LogP contribution in [0.5, 0.6) is 0 Å². The summed E-state index contributed by atoms with van der Waals surface area (Å²) in [4.78, 5) is 11.6. The predicted molar refractivity (Wildman–Crippen MR) is 70.0 cm³/mol. The molecule has 3 nitrogen and oxygen atoms in total. The molecule has 0 saturated carbocycles. The normalized spacial score (nSPS) is 10.8. The van der Waals surface area contributed by atoms with Crippen LogP contribution < -0.4 is 5.56 Å². The summed E-state index contributed by atoms with van der Waals surface area (Å²) < 4.78 is 1.55. The van der Waals surface area contributed by atoms with Gasteiger partial charge in [0.05, 0.1) is 16.6 Å². The molecular formula is C12H12Cl2N2O. The number of nitrogens with one attached hydrogen (secondary N) is 1. The van der Waals surface area contributed by atoms with Crippen molar-refractivity contribution in [3.63, 3.8) is 0 Å². The molecule has 0 aliphatic rings. The van der Waals surface area contributed by atoms with Gasteiger partial charge in [0.2, 0.25) is 0 Å². The highest BCUT2D eigenvalue weighted by Gasteiger charge is 2.04. The lowest BCUT2D eigenvalue weighted by Crippen LogP contribution is -2.16. The maximum atomic E-state index is 11.6. The third-order valence-electron chi connectivity index (χ3n) is 2.55. The van der Waals surface area contributed by atoms with Crippen molar-refractivity contribution >= 4 is 23.2 Å². The van der Waals surface area contributed by atoms with Crippen molar-refractivity contribution in [1.82, 2.24) is 9.78 Å².